The van der Waals surface area contributed by atoms with E-state index < -0.39 is 0 Å². The van der Waals surface area contributed by atoms with Crippen molar-refractivity contribution in [1.29, 1.82) is 0 Å². The normalized spacial score (nSPS) is 25.5. The van der Waals surface area contributed by atoms with Gasteiger partial charge in [0.25, 0.3) is 0 Å². The van der Waals surface area contributed by atoms with E-state index in [0.29, 0.717) is 10.8 Å². The number of hydrogen-bond acceptors (Lipinski definition) is 3. The number of nitrogens with one attached hydrogen (secondary N) is 1. The van der Waals surface area contributed by atoms with Crippen molar-refractivity contribution in [2.24, 2.45) is 10.9 Å². The number of likely N-dealkylation sites (N-methyl/N-ethyl adjacent to an activating group) is 1. The predicted molar refractivity (Wildman–Crippen MR) is 117 cm³/mol. The molecule has 0 aromatic rings. The van der Waals surface area contributed by atoms with Gasteiger partial charge in [-0.3, -0.25) is 4.99 Å². The highest BCUT2D eigenvalue weighted by atomic mass is 127. The van der Waals surface area contributed by atoms with Crippen LogP contribution in [0.2, 0.25) is 0 Å². The summed E-state index contributed by atoms with van der Waals surface area (Å²) in [5.74, 6) is 3.26. The lowest BCUT2D eigenvalue weighted by Crippen LogP contribution is -2.55. The molecule has 0 aromatic carbocycles. The van der Waals surface area contributed by atoms with Gasteiger partial charge in [-0.2, -0.15) is 11.8 Å². The fraction of sp³-hybridized carbons (Fsp3) is 0.944. The number of rotatable bonds is 4. The lowest BCUT2D eigenvalue weighted by Gasteiger charge is -2.45. The van der Waals surface area contributed by atoms with Gasteiger partial charge >= 0.3 is 0 Å². The first-order chi connectivity index (χ1) is 11.1. The largest absolute Gasteiger partial charge is 0.355 e. The molecule has 1 saturated heterocycles. The average Bonchev–Trinajstić information content (AvgIpc) is 3.37. The third kappa shape index (κ3) is 5.16. The van der Waals surface area contributed by atoms with E-state index in [-0.39, 0.29) is 24.0 Å². The second kappa shape index (κ2) is 9.31. The van der Waals surface area contributed by atoms with Gasteiger partial charge < -0.3 is 15.1 Å². The lowest BCUT2D eigenvalue weighted by atomic mass is 9.87. The van der Waals surface area contributed by atoms with E-state index in [1.54, 1.807) is 0 Å². The van der Waals surface area contributed by atoms with Crippen molar-refractivity contribution in [1.82, 2.24) is 15.1 Å². The number of nitrogens with zero attached hydrogens (tertiary/aromatic N) is 3. The molecule has 3 aliphatic rings. The van der Waals surface area contributed by atoms with Crippen LogP contribution in [0.3, 0.4) is 0 Å². The number of aliphatic imine (C=N–C) groups is 1. The molecule has 0 radical (unpaired) electrons. The van der Waals surface area contributed by atoms with Crippen LogP contribution >= 0.6 is 35.7 Å². The molecule has 24 heavy (non-hydrogen) atoms. The fourth-order valence-electron chi connectivity index (χ4n) is 4.30. The van der Waals surface area contributed by atoms with Crippen LogP contribution in [0.25, 0.3) is 0 Å². The highest BCUT2D eigenvalue weighted by Gasteiger charge is 2.38. The Balaban J connectivity index is 0.00000208. The van der Waals surface area contributed by atoms with Gasteiger partial charge in [-0.1, -0.05) is 19.3 Å². The molecule has 1 aliphatic heterocycles. The van der Waals surface area contributed by atoms with E-state index in [9.17, 15) is 0 Å². The molecule has 1 N–H and O–H groups in total. The summed E-state index contributed by atoms with van der Waals surface area (Å²) in [5.41, 5.74) is 0. The standard InChI is InChI=1S/C18H34N4S.HI/c1-19-17(20-13-16(21(2)3)15-7-8-15)22-11-12-23-18(14-22)9-5-4-6-10-18;/h15-16H,4-14H2,1-3H3,(H,19,20);1H. The quantitative estimate of drug-likeness (QED) is 0.392. The SMILES string of the molecule is CN=C(NCC(C1CC1)N(C)C)N1CCSC2(CCCCC2)C1.I. The minimum Gasteiger partial charge on any atom is -0.355 e. The topological polar surface area (TPSA) is 30.9 Å². The van der Waals surface area contributed by atoms with Crippen molar-refractivity contribution in [3.05, 3.63) is 0 Å². The van der Waals surface area contributed by atoms with Crippen LogP contribution in [0.1, 0.15) is 44.9 Å². The zero-order valence-corrected chi connectivity index (χ0v) is 18.7. The summed E-state index contributed by atoms with van der Waals surface area (Å²) in [5, 5.41) is 3.69. The van der Waals surface area contributed by atoms with E-state index >= 15 is 0 Å². The van der Waals surface area contributed by atoms with Crippen molar-refractivity contribution < 1.29 is 0 Å². The molecule has 2 aliphatic carbocycles. The van der Waals surface area contributed by atoms with Crippen LogP contribution in [0.15, 0.2) is 4.99 Å². The fourth-order valence-corrected chi connectivity index (χ4v) is 5.87. The zero-order chi connectivity index (χ0) is 16.3. The molecule has 6 heteroatoms. The molecule has 0 amide bonds. The molecular formula is C18H35IN4S. The van der Waals surface area contributed by atoms with E-state index in [4.69, 9.17) is 0 Å². The Morgan fingerprint density at radius 1 is 1.29 bits per heavy atom. The Labute approximate surface area is 169 Å². The molecule has 1 heterocycles. The highest BCUT2D eigenvalue weighted by Crippen LogP contribution is 2.42. The first-order valence-electron chi connectivity index (χ1n) is 9.39. The van der Waals surface area contributed by atoms with E-state index in [1.165, 1.54) is 57.2 Å². The minimum atomic E-state index is 0. The molecule has 1 spiro atoms. The first-order valence-corrected chi connectivity index (χ1v) is 10.4. The average molecular weight is 466 g/mol. The van der Waals surface area contributed by atoms with Gasteiger partial charge in [-0.15, -0.1) is 24.0 Å². The van der Waals surface area contributed by atoms with Crippen LogP contribution in [0, 0.1) is 5.92 Å². The van der Waals surface area contributed by atoms with Gasteiger partial charge in [0, 0.05) is 43.2 Å². The third-order valence-corrected chi connectivity index (χ3v) is 7.36. The van der Waals surface area contributed by atoms with Crippen LogP contribution in [0.4, 0.5) is 0 Å². The Morgan fingerprint density at radius 3 is 2.58 bits per heavy atom. The maximum absolute atomic E-state index is 4.60. The molecule has 1 unspecified atom stereocenters. The van der Waals surface area contributed by atoms with Crippen LogP contribution < -0.4 is 5.32 Å². The van der Waals surface area contributed by atoms with Crippen LogP contribution in [0.5, 0.6) is 0 Å². The number of guanidine groups is 1. The molecule has 140 valence electrons. The number of hydrogen-bond donors (Lipinski definition) is 1. The van der Waals surface area contributed by atoms with E-state index in [1.807, 2.05) is 7.05 Å². The molecule has 3 fully saturated rings. The number of halogens is 1. The molecule has 1 atom stereocenters. The summed E-state index contributed by atoms with van der Waals surface area (Å²) < 4.78 is 0.506. The van der Waals surface area contributed by atoms with Crippen molar-refractivity contribution in [3.63, 3.8) is 0 Å². The van der Waals surface area contributed by atoms with Crippen LogP contribution in [-0.2, 0) is 0 Å². The third-order valence-electron chi connectivity index (χ3n) is 5.82. The van der Waals surface area contributed by atoms with Gasteiger partial charge in [0.05, 0.1) is 0 Å². The minimum absolute atomic E-state index is 0. The smallest absolute Gasteiger partial charge is 0.193 e. The van der Waals surface area contributed by atoms with E-state index in [0.717, 1.165) is 25.0 Å². The highest BCUT2D eigenvalue weighted by molar-refractivity contribution is 14.0. The second-order valence-corrected chi connectivity index (χ2v) is 9.37. The molecule has 0 aromatic heterocycles. The molecule has 0 bridgehead atoms. The van der Waals surface area contributed by atoms with Crippen molar-refractivity contribution in [3.8, 4) is 0 Å². The first kappa shape index (κ1) is 20.6. The summed E-state index contributed by atoms with van der Waals surface area (Å²) >= 11 is 2.23. The lowest BCUT2D eigenvalue weighted by molar-refractivity contribution is 0.256. The number of thioether (sulfide) groups is 1. The monoisotopic (exact) mass is 466 g/mol. The Morgan fingerprint density at radius 2 is 2.00 bits per heavy atom. The summed E-state index contributed by atoms with van der Waals surface area (Å²) in [4.78, 5) is 9.52. The maximum Gasteiger partial charge on any atom is 0.193 e. The second-order valence-electron chi connectivity index (χ2n) is 7.81. The predicted octanol–water partition coefficient (Wildman–Crippen LogP) is 3.27. The van der Waals surface area contributed by atoms with Crippen LogP contribution in [-0.4, -0.2) is 73.1 Å². The Hall–Kier alpha value is 0.310. The van der Waals surface area contributed by atoms with E-state index in [2.05, 4.69) is 46.0 Å². The van der Waals surface area contributed by atoms with Gasteiger partial charge in [0.15, 0.2) is 5.96 Å². The molecule has 4 nitrogen and oxygen atoms in total. The van der Waals surface area contributed by atoms with Crippen molar-refractivity contribution >= 4 is 41.7 Å². The zero-order valence-electron chi connectivity index (χ0n) is 15.6. The molecule has 3 rings (SSSR count). The Bertz CT molecular complexity index is 412. The van der Waals surface area contributed by atoms with Crippen molar-refractivity contribution in [2.75, 3.05) is 46.5 Å². The maximum atomic E-state index is 4.60. The van der Waals surface area contributed by atoms with Gasteiger partial charge in [0.1, 0.15) is 0 Å². The Kier molecular flexibility index (Phi) is 8.00. The van der Waals surface area contributed by atoms with Crippen molar-refractivity contribution in [2.45, 2.75) is 55.7 Å². The summed E-state index contributed by atoms with van der Waals surface area (Å²) in [6.07, 6.45) is 9.84. The molecule has 2 saturated carbocycles. The van der Waals surface area contributed by atoms with Gasteiger partial charge in [0.2, 0.25) is 0 Å². The summed E-state index contributed by atoms with van der Waals surface area (Å²) in [7, 11) is 6.36. The van der Waals surface area contributed by atoms with Gasteiger partial charge in [-0.25, -0.2) is 0 Å². The summed E-state index contributed by atoms with van der Waals surface area (Å²) in [6, 6.07) is 0.648. The molecular weight excluding hydrogens is 431 g/mol. The van der Waals surface area contributed by atoms with Gasteiger partial charge in [-0.05, 0) is 45.7 Å². The summed E-state index contributed by atoms with van der Waals surface area (Å²) in [6.45, 7) is 3.36.